The lowest BCUT2D eigenvalue weighted by Gasteiger charge is -2.35. The summed E-state index contributed by atoms with van der Waals surface area (Å²) in [5, 5.41) is 12.3. The molecule has 2 rings (SSSR count). The van der Waals surface area contributed by atoms with Crippen LogP contribution in [0.1, 0.15) is 23.6 Å². The summed E-state index contributed by atoms with van der Waals surface area (Å²) in [6.45, 7) is 2.73. The minimum atomic E-state index is -4.71. The van der Waals surface area contributed by atoms with Gasteiger partial charge in [-0.1, -0.05) is 6.07 Å². The summed E-state index contributed by atoms with van der Waals surface area (Å²) in [4.78, 5) is 2.01. The van der Waals surface area contributed by atoms with E-state index in [4.69, 9.17) is 0 Å². The van der Waals surface area contributed by atoms with Gasteiger partial charge in [0.25, 0.3) is 0 Å². The van der Waals surface area contributed by atoms with Gasteiger partial charge in [-0.15, -0.1) is 0 Å². The fourth-order valence-corrected chi connectivity index (χ4v) is 2.64. The van der Waals surface area contributed by atoms with E-state index in [1.807, 2.05) is 4.90 Å². The molecule has 1 heterocycles. The third kappa shape index (κ3) is 3.93. The molecule has 21 heavy (non-hydrogen) atoms. The lowest BCUT2D eigenvalue weighted by Crippen LogP contribution is -2.45. The van der Waals surface area contributed by atoms with Crippen molar-refractivity contribution >= 4 is 0 Å². The van der Waals surface area contributed by atoms with E-state index >= 15 is 0 Å². The molecule has 0 aromatic heterocycles. The maximum absolute atomic E-state index is 13.4. The zero-order chi connectivity index (χ0) is 15.5. The number of hydrogen-bond acceptors (Lipinski definition) is 3. The highest BCUT2D eigenvalue weighted by atomic mass is 19.4. The molecule has 0 saturated carbocycles. The minimum Gasteiger partial charge on any atom is -0.396 e. The molecule has 0 unspecified atom stereocenters. The molecular formula is C14H18F4N2O. The summed E-state index contributed by atoms with van der Waals surface area (Å²) in [5.74, 6) is -1.27. The zero-order valence-electron chi connectivity index (χ0n) is 11.5. The summed E-state index contributed by atoms with van der Waals surface area (Å²) < 4.78 is 51.8. The minimum absolute atomic E-state index is 0.132. The van der Waals surface area contributed by atoms with Crippen LogP contribution in [0.25, 0.3) is 0 Å². The van der Waals surface area contributed by atoms with Crippen LogP contribution in [-0.2, 0) is 6.18 Å². The standard InChI is InChI=1S/C14H18F4N2O/c15-12-2-1-10(9-11(12)14(16,17)18)13(3-8-21)20-6-4-19-5-7-20/h1-2,9,13,19,21H,3-8H2/t13-/m1/s1. The molecule has 118 valence electrons. The number of rotatable bonds is 4. The van der Waals surface area contributed by atoms with E-state index in [0.717, 1.165) is 25.2 Å². The average molecular weight is 306 g/mol. The Labute approximate surface area is 120 Å². The van der Waals surface area contributed by atoms with Crippen molar-refractivity contribution in [1.29, 1.82) is 0 Å². The van der Waals surface area contributed by atoms with Gasteiger partial charge in [0.2, 0.25) is 0 Å². The van der Waals surface area contributed by atoms with Crippen LogP contribution in [0, 0.1) is 5.82 Å². The van der Waals surface area contributed by atoms with E-state index in [-0.39, 0.29) is 12.6 Å². The van der Waals surface area contributed by atoms with Gasteiger partial charge in [0.1, 0.15) is 5.82 Å². The molecule has 1 fully saturated rings. The van der Waals surface area contributed by atoms with Gasteiger partial charge in [-0.25, -0.2) is 4.39 Å². The smallest absolute Gasteiger partial charge is 0.396 e. The first kappa shape index (κ1) is 16.2. The Morgan fingerprint density at radius 3 is 2.48 bits per heavy atom. The van der Waals surface area contributed by atoms with Gasteiger partial charge in [-0.05, 0) is 24.1 Å². The number of aliphatic hydroxyl groups excluding tert-OH is 1. The molecule has 1 aliphatic heterocycles. The van der Waals surface area contributed by atoms with Crippen LogP contribution in [-0.4, -0.2) is 42.8 Å². The summed E-state index contributed by atoms with van der Waals surface area (Å²) in [5.41, 5.74) is -0.863. The Morgan fingerprint density at radius 2 is 1.90 bits per heavy atom. The van der Waals surface area contributed by atoms with E-state index in [2.05, 4.69) is 5.32 Å². The van der Waals surface area contributed by atoms with Crippen molar-refractivity contribution in [3.05, 3.63) is 35.1 Å². The van der Waals surface area contributed by atoms with Gasteiger partial charge < -0.3 is 10.4 Å². The van der Waals surface area contributed by atoms with Gasteiger partial charge in [0.05, 0.1) is 5.56 Å². The highest BCUT2D eigenvalue weighted by Gasteiger charge is 2.35. The Hall–Kier alpha value is -1.18. The van der Waals surface area contributed by atoms with Crippen LogP contribution < -0.4 is 5.32 Å². The van der Waals surface area contributed by atoms with Gasteiger partial charge in [0.15, 0.2) is 0 Å². The molecule has 1 aliphatic rings. The van der Waals surface area contributed by atoms with Gasteiger partial charge in [-0.3, -0.25) is 4.90 Å². The summed E-state index contributed by atoms with van der Waals surface area (Å²) in [6.07, 6.45) is -4.39. The molecule has 3 nitrogen and oxygen atoms in total. The van der Waals surface area contributed by atoms with Gasteiger partial charge in [-0.2, -0.15) is 13.2 Å². The normalized spacial score (nSPS) is 18.7. The fourth-order valence-electron chi connectivity index (χ4n) is 2.64. The second-order valence-corrected chi connectivity index (χ2v) is 5.05. The first-order chi connectivity index (χ1) is 9.93. The van der Waals surface area contributed by atoms with Crippen LogP contribution in [0.2, 0.25) is 0 Å². The van der Waals surface area contributed by atoms with Crippen molar-refractivity contribution in [2.75, 3.05) is 32.8 Å². The van der Waals surface area contributed by atoms with Crippen molar-refractivity contribution < 1.29 is 22.7 Å². The number of hydrogen-bond donors (Lipinski definition) is 2. The van der Waals surface area contributed by atoms with Crippen LogP contribution >= 0.6 is 0 Å². The number of nitrogens with one attached hydrogen (secondary N) is 1. The fraction of sp³-hybridized carbons (Fsp3) is 0.571. The SMILES string of the molecule is OCC[C@H](c1ccc(F)c(C(F)(F)F)c1)N1CCNCC1. The number of benzene rings is 1. The third-order valence-electron chi connectivity index (χ3n) is 3.68. The Kier molecular flexibility index (Phi) is 5.18. The van der Waals surface area contributed by atoms with Crippen LogP contribution in [0.3, 0.4) is 0 Å². The van der Waals surface area contributed by atoms with E-state index in [0.29, 0.717) is 25.1 Å². The topological polar surface area (TPSA) is 35.5 Å². The summed E-state index contributed by atoms with van der Waals surface area (Å²) >= 11 is 0. The molecule has 1 aromatic rings. The van der Waals surface area contributed by atoms with Crippen molar-refractivity contribution in [1.82, 2.24) is 10.2 Å². The second kappa shape index (κ2) is 6.72. The Bertz CT molecular complexity index is 473. The summed E-state index contributed by atoms with van der Waals surface area (Å²) in [7, 11) is 0. The molecule has 1 atom stereocenters. The van der Waals surface area contributed by atoms with Crippen LogP contribution in [0.15, 0.2) is 18.2 Å². The number of halogens is 4. The largest absolute Gasteiger partial charge is 0.419 e. The van der Waals surface area contributed by atoms with E-state index in [9.17, 15) is 22.7 Å². The van der Waals surface area contributed by atoms with Crippen LogP contribution in [0.5, 0.6) is 0 Å². The molecule has 1 saturated heterocycles. The zero-order valence-corrected chi connectivity index (χ0v) is 11.5. The monoisotopic (exact) mass is 306 g/mol. The lowest BCUT2D eigenvalue weighted by molar-refractivity contribution is -0.140. The number of alkyl halides is 3. The lowest BCUT2D eigenvalue weighted by atomic mass is 9.99. The second-order valence-electron chi connectivity index (χ2n) is 5.05. The predicted octanol–water partition coefficient (Wildman–Crippen LogP) is 2.17. The molecule has 7 heteroatoms. The molecule has 2 N–H and O–H groups in total. The van der Waals surface area contributed by atoms with E-state index < -0.39 is 17.6 Å². The van der Waals surface area contributed by atoms with E-state index in [1.165, 1.54) is 6.07 Å². The van der Waals surface area contributed by atoms with E-state index in [1.54, 1.807) is 0 Å². The molecule has 0 aliphatic carbocycles. The Morgan fingerprint density at radius 1 is 1.24 bits per heavy atom. The van der Waals surface area contributed by atoms with Crippen molar-refractivity contribution in [3.63, 3.8) is 0 Å². The van der Waals surface area contributed by atoms with Crippen molar-refractivity contribution in [2.24, 2.45) is 0 Å². The maximum Gasteiger partial charge on any atom is 0.419 e. The Balaban J connectivity index is 2.31. The molecule has 1 aromatic carbocycles. The highest BCUT2D eigenvalue weighted by Crippen LogP contribution is 2.34. The molecular weight excluding hydrogens is 288 g/mol. The average Bonchev–Trinajstić information content (AvgIpc) is 2.45. The number of aliphatic hydroxyl groups is 1. The maximum atomic E-state index is 13.4. The number of nitrogens with zero attached hydrogens (tertiary/aromatic N) is 1. The summed E-state index contributed by atoms with van der Waals surface area (Å²) in [6, 6.07) is 2.74. The number of piperazine rings is 1. The first-order valence-corrected chi connectivity index (χ1v) is 6.85. The highest BCUT2D eigenvalue weighted by molar-refractivity contribution is 5.29. The quantitative estimate of drug-likeness (QED) is 0.837. The van der Waals surface area contributed by atoms with Crippen molar-refractivity contribution in [3.8, 4) is 0 Å². The van der Waals surface area contributed by atoms with Gasteiger partial charge >= 0.3 is 6.18 Å². The molecule has 0 amide bonds. The van der Waals surface area contributed by atoms with Crippen molar-refractivity contribution in [2.45, 2.75) is 18.6 Å². The molecule has 0 spiro atoms. The van der Waals surface area contributed by atoms with Crippen LogP contribution in [0.4, 0.5) is 17.6 Å². The van der Waals surface area contributed by atoms with Gasteiger partial charge in [0, 0.05) is 38.8 Å². The first-order valence-electron chi connectivity index (χ1n) is 6.85. The third-order valence-corrected chi connectivity index (χ3v) is 3.68. The molecule has 0 bridgehead atoms. The predicted molar refractivity (Wildman–Crippen MR) is 70.3 cm³/mol. The molecule has 0 radical (unpaired) electrons.